The van der Waals surface area contributed by atoms with Gasteiger partial charge in [0.2, 0.25) is 0 Å². The molecule has 20 heavy (non-hydrogen) atoms. The number of rotatable bonds is 4. The lowest BCUT2D eigenvalue weighted by atomic mass is 10.1. The van der Waals surface area contributed by atoms with Crippen LogP contribution in [0.15, 0.2) is 22.7 Å². The third-order valence-corrected chi connectivity index (χ3v) is 3.10. The number of imide groups is 1. The van der Waals surface area contributed by atoms with E-state index in [1.165, 1.54) is 7.05 Å². The van der Waals surface area contributed by atoms with Crippen LogP contribution in [0.1, 0.15) is 25.5 Å². The molecule has 1 aromatic carbocycles. The smallest absolute Gasteiger partial charge is 0.321 e. The van der Waals surface area contributed by atoms with Gasteiger partial charge in [0, 0.05) is 23.1 Å². The van der Waals surface area contributed by atoms with Crippen molar-refractivity contribution in [3.05, 3.63) is 28.2 Å². The summed E-state index contributed by atoms with van der Waals surface area (Å²) >= 11 is 3.34. The molecule has 4 N–H and O–H groups in total. The van der Waals surface area contributed by atoms with Crippen molar-refractivity contribution in [3.8, 4) is 5.75 Å². The van der Waals surface area contributed by atoms with E-state index in [0.717, 1.165) is 10.0 Å². The molecular weight excluding hydrogens is 326 g/mol. The van der Waals surface area contributed by atoms with Gasteiger partial charge in [-0.3, -0.25) is 10.1 Å². The van der Waals surface area contributed by atoms with Crippen LogP contribution >= 0.6 is 15.9 Å². The second-order valence-electron chi connectivity index (χ2n) is 4.30. The van der Waals surface area contributed by atoms with Crippen molar-refractivity contribution in [1.29, 1.82) is 0 Å². The van der Waals surface area contributed by atoms with Crippen molar-refractivity contribution in [2.45, 2.75) is 26.0 Å². The molecule has 1 rings (SSSR count). The molecule has 1 aromatic rings. The molecule has 0 spiro atoms. The molecule has 6 nitrogen and oxygen atoms in total. The number of carbonyl (C=O) groups is 2. The third-order valence-electron chi connectivity index (χ3n) is 2.60. The lowest BCUT2D eigenvalue weighted by Crippen LogP contribution is -2.44. The first-order valence-corrected chi connectivity index (χ1v) is 6.88. The number of nitrogens with one attached hydrogen (secondary N) is 2. The van der Waals surface area contributed by atoms with Gasteiger partial charge in [0.05, 0.1) is 0 Å². The molecule has 3 amide bonds. The predicted octanol–water partition coefficient (Wildman–Crippen LogP) is 1.69. The van der Waals surface area contributed by atoms with Crippen LogP contribution in [0, 0.1) is 0 Å². The second-order valence-corrected chi connectivity index (χ2v) is 5.21. The van der Waals surface area contributed by atoms with Crippen molar-refractivity contribution in [3.63, 3.8) is 0 Å². The largest absolute Gasteiger partial charge is 0.480 e. The van der Waals surface area contributed by atoms with Crippen LogP contribution in [0.3, 0.4) is 0 Å². The number of benzene rings is 1. The van der Waals surface area contributed by atoms with Gasteiger partial charge in [-0.05, 0) is 26.0 Å². The molecule has 0 aliphatic carbocycles. The summed E-state index contributed by atoms with van der Waals surface area (Å²) in [6, 6.07) is 4.61. The van der Waals surface area contributed by atoms with Gasteiger partial charge in [-0.1, -0.05) is 22.0 Å². The van der Waals surface area contributed by atoms with E-state index in [1.54, 1.807) is 13.0 Å². The first-order chi connectivity index (χ1) is 9.35. The Hall–Kier alpha value is -1.60. The SMILES string of the molecule is CNC(=O)NC(=O)C(C)Oc1cc(Br)ccc1[C@@H](C)N. The van der Waals surface area contributed by atoms with Crippen molar-refractivity contribution in [1.82, 2.24) is 10.6 Å². The number of amides is 3. The Labute approximate surface area is 126 Å². The molecule has 0 aromatic heterocycles. The molecule has 0 saturated carbocycles. The Kier molecular flexibility index (Phi) is 5.97. The molecule has 0 aliphatic rings. The van der Waals surface area contributed by atoms with E-state index in [0.29, 0.717) is 5.75 Å². The number of halogens is 1. The zero-order valence-corrected chi connectivity index (χ0v) is 13.2. The maximum atomic E-state index is 11.7. The zero-order valence-electron chi connectivity index (χ0n) is 11.6. The minimum absolute atomic E-state index is 0.229. The van der Waals surface area contributed by atoms with Gasteiger partial charge in [0.25, 0.3) is 5.91 Å². The van der Waals surface area contributed by atoms with Gasteiger partial charge in [0.15, 0.2) is 6.10 Å². The van der Waals surface area contributed by atoms with Crippen LogP contribution in [-0.2, 0) is 4.79 Å². The van der Waals surface area contributed by atoms with E-state index in [2.05, 4.69) is 26.6 Å². The minimum Gasteiger partial charge on any atom is -0.480 e. The number of carbonyl (C=O) groups excluding carboxylic acids is 2. The Bertz CT molecular complexity index is 506. The summed E-state index contributed by atoms with van der Waals surface area (Å²) in [5.41, 5.74) is 6.64. The first kappa shape index (κ1) is 16.5. The van der Waals surface area contributed by atoms with Crippen LogP contribution in [0.5, 0.6) is 5.75 Å². The molecule has 0 radical (unpaired) electrons. The fourth-order valence-corrected chi connectivity index (χ4v) is 1.85. The van der Waals surface area contributed by atoms with Crippen LogP contribution in [0.2, 0.25) is 0 Å². The summed E-state index contributed by atoms with van der Waals surface area (Å²) in [5.74, 6) is -0.0196. The highest BCUT2D eigenvalue weighted by molar-refractivity contribution is 9.10. The third kappa shape index (κ3) is 4.50. The molecule has 0 heterocycles. The second kappa shape index (κ2) is 7.25. The van der Waals surface area contributed by atoms with Crippen LogP contribution in [0.25, 0.3) is 0 Å². The topological polar surface area (TPSA) is 93.5 Å². The van der Waals surface area contributed by atoms with Crippen molar-refractivity contribution >= 4 is 27.9 Å². The van der Waals surface area contributed by atoms with E-state index in [-0.39, 0.29) is 6.04 Å². The quantitative estimate of drug-likeness (QED) is 0.775. The Balaban J connectivity index is 2.84. The van der Waals surface area contributed by atoms with E-state index < -0.39 is 18.0 Å². The number of urea groups is 1. The van der Waals surface area contributed by atoms with Gasteiger partial charge >= 0.3 is 6.03 Å². The van der Waals surface area contributed by atoms with Gasteiger partial charge in [-0.15, -0.1) is 0 Å². The van der Waals surface area contributed by atoms with Crippen LogP contribution in [-0.4, -0.2) is 25.1 Å². The monoisotopic (exact) mass is 343 g/mol. The highest BCUT2D eigenvalue weighted by atomic mass is 79.9. The average molecular weight is 344 g/mol. The average Bonchev–Trinajstić information content (AvgIpc) is 2.38. The minimum atomic E-state index is -0.820. The summed E-state index contributed by atoms with van der Waals surface area (Å²) in [5, 5.41) is 4.46. The summed E-state index contributed by atoms with van der Waals surface area (Å²) in [4.78, 5) is 22.8. The molecule has 0 bridgehead atoms. The fourth-order valence-electron chi connectivity index (χ4n) is 1.51. The van der Waals surface area contributed by atoms with E-state index >= 15 is 0 Å². The first-order valence-electron chi connectivity index (χ1n) is 6.09. The van der Waals surface area contributed by atoms with E-state index in [9.17, 15) is 9.59 Å². The highest BCUT2D eigenvalue weighted by Gasteiger charge is 2.19. The Morgan fingerprint density at radius 3 is 2.55 bits per heavy atom. The van der Waals surface area contributed by atoms with Crippen molar-refractivity contribution in [2.24, 2.45) is 5.73 Å². The lowest BCUT2D eigenvalue weighted by Gasteiger charge is -2.18. The predicted molar refractivity (Wildman–Crippen MR) is 79.4 cm³/mol. The van der Waals surface area contributed by atoms with E-state index in [1.807, 2.05) is 19.1 Å². The maximum absolute atomic E-state index is 11.7. The van der Waals surface area contributed by atoms with Gasteiger partial charge < -0.3 is 15.8 Å². The van der Waals surface area contributed by atoms with Crippen molar-refractivity contribution < 1.29 is 14.3 Å². The normalized spacial score (nSPS) is 13.2. The number of ether oxygens (including phenoxy) is 1. The Morgan fingerprint density at radius 1 is 1.35 bits per heavy atom. The molecule has 2 atom stereocenters. The van der Waals surface area contributed by atoms with Crippen LogP contribution in [0.4, 0.5) is 4.79 Å². The molecular formula is C13H18BrN3O3. The van der Waals surface area contributed by atoms with Crippen molar-refractivity contribution in [2.75, 3.05) is 7.05 Å². The number of nitrogens with two attached hydrogens (primary N) is 1. The molecule has 0 aliphatic heterocycles. The standard InChI is InChI=1S/C13H18BrN3O3/c1-7(15)10-5-4-9(14)6-11(10)20-8(2)12(18)17-13(19)16-3/h4-8H,15H2,1-3H3,(H2,16,17,18,19)/t7-,8?/m1/s1. The zero-order chi connectivity index (χ0) is 15.3. The maximum Gasteiger partial charge on any atom is 0.321 e. The van der Waals surface area contributed by atoms with Gasteiger partial charge in [0.1, 0.15) is 5.75 Å². The molecule has 110 valence electrons. The summed E-state index contributed by atoms with van der Waals surface area (Å²) < 4.78 is 6.41. The summed E-state index contributed by atoms with van der Waals surface area (Å²) in [6.45, 7) is 3.38. The lowest BCUT2D eigenvalue weighted by molar-refractivity contribution is -0.126. The molecule has 0 saturated heterocycles. The van der Waals surface area contributed by atoms with Crippen LogP contribution < -0.4 is 21.1 Å². The summed E-state index contributed by atoms with van der Waals surface area (Å²) in [6.07, 6.45) is -0.820. The molecule has 7 heteroatoms. The van der Waals surface area contributed by atoms with E-state index in [4.69, 9.17) is 10.5 Å². The highest BCUT2D eigenvalue weighted by Crippen LogP contribution is 2.28. The van der Waals surface area contributed by atoms with Gasteiger partial charge in [-0.2, -0.15) is 0 Å². The number of hydrogen-bond donors (Lipinski definition) is 3. The number of hydrogen-bond acceptors (Lipinski definition) is 4. The Morgan fingerprint density at radius 2 is 2.00 bits per heavy atom. The molecule has 0 fully saturated rings. The summed E-state index contributed by atoms with van der Waals surface area (Å²) in [7, 11) is 1.43. The fraction of sp³-hybridized carbons (Fsp3) is 0.385. The van der Waals surface area contributed by atoms with Gasteiger partial charge in [-0.25, -0.2) is 4.79 Å². The molecule has 1 unspecified atom stereocenters.